The summed E-state index contributed by atoms with van der Waals surface area (Å²) in [5, 5.41) is 0. The minimum atomic E-state index is -3.59. The van der Waals surface area contributed by atoms with Crippen LogP contribution in [0.4, 0.5) is 0 Å². The number of thiocarbonyl (C=S) groups is 1. The van der Waals surface area contributed by atoms with Crippen molar-refractivity contribution in [2.45, 2.75) is 18.0 Å². The molecule has 0 fully saturated rings. The normalized spacial score (nSPS) is 15.6. The van der Waals surface area contributed by atoms with Gasteiger partial charge in [-0.05, 0) is 12.1 Å². The molecule has 3 heterocycles. The maximum atomic E-state index is 12.6. The van der Waals surface area contributed by atoms with Crippen LogP contribution in [0.1, 0.15) is 11.5 Å². The maximum Gasteiger partial charge on any atom is 0.245 e. The molecule has 0 radical (unpaired) electrons. The number of nitrogens with zero attached hydrogens (tertiary/aromatic N) is 4. The Balaban J connectivity index is 1.89. The van der Waals surface area contributed by atoms with Crippen LogP contribution in [0, 0.1) is 0 Å². The Kier molecular flexibility index (Phi) is 3.47. The predicted octanol–water partition coefficient (Wildman–Crippen LogP) is 0.117. The smallest absolute Gasteiger partial charge is 0.245 e. The number of imidazole rings is 1. The van der Waals surface area contributed by atoms with Crippen LogP contribution < -0.4 is 5.73 Å². The standard InChI is InChI=1S/C12H13N5O2S2/c13-12(20)10-2-1-9(7-15-10)21(18,19)17-6-5-16-4-3-14-11(16)8-17/h1-4,7H,5-6,8H2,(H2,13,20). The zero-order valence-electron chi connectivity index (χ0n) is 11.0. The highest BCUT2D eigenvalue weighted by Crippen LogP contribution is 2.20. The summed E-state index contributed by atoms with van der Waals surface area (Å²) in [5.41, 5.74) is 5.86. The van der Waals surface area contributed by atoms with Gasteiger partial charge < -0.3 is 10.3 Å². The third-order valence-corrected chi connectivity index (χ3v) is 5.37. The van der Waals surface area contributed by atoms with Crippen molar-refractivity contribution in [1.82, 2.24) is 18.8 Å². The summed E-state index contributed by atoms with van der Waals surface area (Å²) in [6.07, 6.45) is 4.80. The molecule has 0 unspecified atom stereocenters. The third kappa shape index (κ3) is 2.55. The highest BCUT2D eigenvalue weighted by molar-refractivity contribution is 7.89. The minimum absolute atomic E-state index is 0.127. The number of pyridine rings is 1. The SMILES string of the molecule is NC(=S)c1ccc(S(=O)(=O)N2CCn3ccnc3C2)cn1. The van der Waals surface area contributed by atoms with Gasteiger partial charge in [-0.2, -0.15) is 4.31 Å². The topological polar surface area (TPSA) is 94.1 Å². The molecule has 0 aliphatic carbocycles. The predicted molar refractivity (Wildman–Crippen MR) is 79.9 cm³/mol. The fourth-order valence-corrected chi connectivity index (χ4v) is 3.64. The van der Waals surface area contributed by atoms with Crippen molar-refractivity contribution in [2.75, 3.05) is 6.54 Å². The van der Waals surface area contributed by atoms with Gasteiger partial charge in [0.25, 0.3) is 0 Å². The molecule has 110 valence electrons. The molecule has 0 atom stereocenters. The molecule has 9 heteroatoms. The van der Waals surface area contributed by atoms with E-state index in [0.717, 1.165) is 5.82 Å². The molecule has 3 rings (SSSR count). The molecule has 21 heavy (non-hydrogen) atoms. The van der Waals surface area contributed by atoms with E-state index in [1.807, 2.05) is 10.8 Å². The highest BCUT2D eigenvalue weighted by atomic mass is 32.2. The van der Waals surface area contributed by atoms with Crippen LogP contribution in [-0.4, -0.2) is 38.8 Å². The Morgan fingerprint density at radius 1 is 1.29 bits per heavy atom. The van der Waals surface area contributed by atoms with E-state index in [2.05, 4.69) is 9.97 Å². The average Bonchev–Trinajstić information content (AvgIpc) is 2.94. The summed E-state index contributed by atoms with van der Waals surface area (Å²) < 4.78 is 28.5. The van der Waals surface area contributed by atoms with Gasteiger partial charge >= 0.3 is 0 Å². The molecule has 0 aromatic carbocycles. The highest BCUT2D eigenvalue weighted by Gasteiger charge is 2.29. The number of aromatic nitrogens is 3. The van der Waals surface area contributed by atoms with Crippen LogP contribution in [0.2, 0.25) is 0 Å². The van der Waals surface area contributed by atoms with E-state index >= 15 is 0 Å². The van der Waals surface area contributed by atoms with Gasteiger partial charge in [0, 0.05) is 31.7 Å². The minimum Gasteiger partial charge on any atom is -0.388 e. The second-order valence-corrected chi connectivity index (χ2v) is 7.00. The molecule has 7 nitrogen and oxygen atoms in total. The van der Waals surface area contributed by atoms with Crippen molar-refractivity contribution in [3.05, 3.63) is 42.2 Å². The van der Waals surface area contributed by atoms with Gasteiger partial charge in [-0.15, -0.1) is 0 Å². The van der Waals surface area contributed by atoms with Gasteiger partial charge in [-0.25, -0.2) is 13.4 Å². The van der Waals surface area contributed by atoms with E-state index in [1.54, 1.807) is 6.20 Å². The Morgan fingerprint density at radius 3 is 2.76 bits per heavy atom. The first kappa shape index (κ1) is 14.1. The number of sulfonamides is 1. The first-order chi connectivity index (χ1) is 9.98. The lowest BCUT2D eigenvalue weighted by Crippen LogP contribution is -2.38. The molecule has 0 spiro atoms. The summed E-state index contributed by atoms with van der Waals surface area (Å²) >= 11 is 4.80. The lowest BCUT2D eigenvalue weighted by Gasteiger charge is -2.26. The zero-order chi connectivity index (χ0) is 15.0. The average molecular weight is 323 g/mol. The largest absolute Gasteiger partial charge is 0.388 e. The van der Waals surface area contributed by atoms with Crippen molar-refractivity contribution in [3.8, 4) is 0 Å². The fraction of sp³-hybridized carbons (Fsp3) is 0.250. The van der Waals surface area contributed by atoms with Crippen molar-refractivity contribution < 1.29 is 8.42 Å². The molecule has 2 aromatic rings. The molecule has 0 saturated heterocycles. The van der Waals surface area contributed by atoms with Gasteiger partial charge in [0.05, 0.1) is 12.2 Å². The fourth-order valence-electron chi connectivity index (χ4n) is 2.18. The molecule has 1 aliphatic heterocycles. The third-order valence-electron chi connectivity index (χ3n) is 3.34. The van der Waals surface area contributed by atoms with Gasteiger partial charge in [0.15, 0.2) is 0 Å². The van der Waals surface area contributed by atoms with Gasteiger partial charge in [-0.1, -0.05) is 12.2 Å². The molecule has 2 aromatic heterocycles. The van der Waals surface area contributed by atoms with E-state index in [0.29, 0.717) is 18.8 Å². The van der Waals surface area contributed by atoms with Crippen molar-refractivity contribution in [2.24, 2.45) is 5.73 Å². The van der Waals surface area contributed by atoms with Crippen LogP contribution in [0.15, 0.2) is 35.6 Å². The number of fused-ring (bicyclic) bond motifs is 1. The first-order valence-corrected chi connectivity index (χ1v) is 8.09. The van der Waals surface area contributed by atoms with Gasteiger partial charge in [-0.3, -0.25) is 4.98 Å². The summed E-state index contributed by atoms with van der Waals surface area (Å²) in [6.45, 7) is 1.25. The molecule has 0 bridgehead atoms. The maximum absolute atomic E-state index is 12.6. The van der Waals surface area contributed by atoms with E-state index in [4.69, 9.17) is 18.0 Å². The number of rotatable bonds is 3. The van der Waals surface area contributed by atoms with Crippen molar-refractivity contribution >= 4 is 27.2 Å². The first-order valence-electron chi connectivity index (χ1n) is 6.24. The Labute approximate surface area is 127 Å². The van der Waals surface area contributed by atoms with E-state index < -0.39 is 10.0 Å². The Bertz CT molecular complexity index is 782. The van der Waals surface area contributed by atoms with E-state index in [1.165, 1.54) is 22.6 Å². The molecule has 2 N–H and O–H groups in total. The quantitative estimate of drug-likeness (QED) is 0.806. The van der Waals surface area contributed by atoms with Gasteiger partial charge in [0.1, 0.15) is 15.7 Å². The van der Waals surface area contributed by atoms with Crippen LogP contribution in [0.3, 0.4) is 0 Å². The van der Waals surface area contributed by atoms with Crippen LogP contribution in [0.25, 0.3) is 0 Å². The van der Waals surface area contributed by atoms with Crippen LogP contribution in [-0.2, 0) is 23.1 Å². The Morgan fingerprint density at radius 2 is 2.10 bits per heavy atom. The molecule has 1 aliphatic rings. The molecular formula is C12H13N5O2S2. The summed E-state index contributed by atoms with van der Waals surface area (Å²) in [5.74, 6) is 0.734. The van der Waals surface area contributed by atoms with Crippen molar-refractivity contribution in [1.29, 1.82) is 0 Å². The summed E-state index contributed by atoms with van der Waals surface area (Å²) in [7, 11) is -3.59. The molecule has 0 amide bonds. The second-order valence-electron chi connectivity index (χ2n) is 4.62. The molecule has 0 saturated carbocycles. The molecular weight excluding hydrogens is 310 g/mol. The van der Waals surface area contributed by atoms with Crippen LogP contribution >= 0.6 is 12.2 Å². The van der Waals surface area contributed by atoms with Crippen LogP contribution in [0.5, 0.6) is 0 Å². The van der Waals surface area contributed by atoms with Crippen molar-refractivity contribution in [3.63, 3.8) is 0 Å². The Hall–Kier alpha value is -1.84. The zero-order valence-corrected chi connectivity index (χ0v) is 12.6. The summed E-state index contributed by atoms with van der Waals surface area (Å²) in [4.78, 5) is 8.41. The van der Waals surface area contributed by atoms with E-state index in [9.17, 15) is 8.42 Å². The number of hydrogen-bond donors (Lipinski definition) is 1. The monoisotopic (exact) mass is 323 g/mol. The summed E-state index contributed by atoms with van der Waals surface area (Å²) in [6, 6.07) is 2.98. The number of nitrogens with two attached hydrogens (primary N) is 1. The number of hydrogen-bond acceptors (Lipinski definition) is 5. The lowest BCUT2D eigenvalue weighted by atomic mass is 10.3. The van der Waals surface area contributed by atoms with Gasteiger partial charge in [0.2, 0.25) is 10.0 Å². The second kappa shape index (κ2) is 5.17. The lowest BCUT2D eigenvalue weighted by molar-refractivity contribution is 0.335. The van der Waals surface area contributed by atoms with E-state index in [-0.39, 0.29) is 16.4 Å².